The van der Waals surface area contributed by atoms with Crippen molar-refractivity contribution in [1.29, 1.82) is 0 Å². The minimum Gasteiger partial charge on any atom is -0.493 e. The Bertz CT molecular complexity index is 743. The monoisotopic (exact) mass is 310 g/mol. The van der Waals surface area contributed by atoms with E-state index < -0.39 is 0 Å². The molecule has 2 aromatic carbocycles. The van der Waals surface area contributed by atoms with Crippen LogP contribution < -0.4 is 20.1 Å². The van der Waals surface area contributed by atoms with Gasteiger partial charge in [0.25, 0.3) is 5.91 Å². The molecule has 0 unspecified atom stereocenters. The normalized spacial score (nSPS) is 15.9. The SMILES string of the molecule is C=CCOc1ccc([C@H]2NC(=O)c3ccccc3N2)cc1OC. The van der Waals surface area contributed by atoms with Gasteiger partial charge in [-0.15, -0.1) is 0 Å². The first-order valence-electron chi connectivity index (χ1n) is 7.31. The first-order chi connectivity index (χ1) is 11.2. The summed E-state index contributed by atoms with van der Waals surface area (Å²) >= 11 is 0. The van der Waals surface area contributed by atoms with E-state index in [1.807, 2.05) is 36.4 Å². The lowest BCUT2D eigenvalue weighted by molar-refractivity contribution is 0.0935. The van der Waals surface area contributed by atoms with Gasteiger partial charge in [-0.05, 0) is 29.8 Å². The highest BCUT2D eigenvalue weighted by atomic mass is 16.5. The van der Waals surface area contributed by atoms with Crippen molar-refractivity contribution in [3.8, 4) is 11.5 Å². The zero-order valence-electron chi connectivity index (χ0n) is 12.8. The molecule has 5 heteroatoms. The standard InChI is InChI=1S/C18H18N2O3/c1-3-10-23-15-9-8-12(11-16(15)22-2)17-19-14-7-5-4-6-13(14)18(21)20-17/h3-9,11,17,19H,1,10H2,2H3,(H,20,21)/t17-/m1/s1. The lowest BCUT2D eigenvalue weighted by Crippen LogP contribution is -2.38. The Morgan fingerprint density at radius 2 is 2.00 bits per heavy atom. The van der Waals surface area contributed by atoms with Gasteiger partial charge in [-0.2, -0.15) is 0 Å². The van der Waals surface area contributed by atoms with Gasteiger partial charge in [-0.25, -0.2) is 0 Å². The summed E-state index contributed by atoms with van der Waals surface area (Å²) in [7, 11) is 1.59. The highest BCUT2D eigenvalue weighted by molar-refractivity contribution is 6.01. The Kier molecular flexibility index (Phi) is 4.19. The topological polar surface area (TPSA) is 59.6 Å². The van der Waals surface area contributed by atoms with Gasteiger partial charge in [0.2, 0.25) is 0 Å². The average Bonchev–Trinajstić information content (AvgIpc) is 2.59. The van der Waals surface area contributed by atoms with Crippen molar-refractivity contribution < 1.29 is 14.3 Å². The van der Waals surface area contributed by atoms with Gasteiger partial charge in [-0.3, -0.25) is 4.79 Å². The summed E-state index contributed by atoms with van der Waals surface area (Å²) in [5, 5.41) is 6.25. The summed E-state index contributed by atoms with van der Waals surface area (Å²) < 4.78 is 10.9. The number of fused-ring (bicyclic) bond motifs is 1. The smallest absolute Gasteiger partial charge is 0.255 e. The molecule has 0 aliphatic carbocycles. The number of nitrogens with one attached hydrogen (secondary N) is 2. The number of benzene rings is 2. The number of methoxy groups -OCH3 is 1. The molecule has 0 saturated carbocycles. The first kappa shape index (κ1) is 15.0. The first-order valence-corrected chi connectivity index (χ1v) is 7.31. The van der Waals surface area contributed by atoms with Gasteiger partial charge in [0, 0.05) is 5.69 Å². The van der Waals surface area contributed by atoms with Crippen LogP contribution in [0, 0.1) is 0 Å². The second kappa shape index (κ2) is 6.44. The number of ether oxygens (including phenoxy) is 2. The van der Waals surface area contributed by atoms with E-state index in [0.29, 0.717) is 23.7 Å². The van der Waals surface area contributed by atoms with Crippen molar-refractivity contribution in [2.45, 2.75) is 6.17 Å². The van der Waals surface area contributed by atoms with Gasteiger partial charge in [-0.1, -0.05) is 30.9 Å². The van der Waals surface area contributed by atoms with Crippen LogP contribution >= 0.6 is 0 Å². The maximum atomic E-state index is 12.2. The van der Waals surface area contributed by atoms with E-state index in [-0.39, 0.29) is 12.1 Å². The zero-order valence-corrected chi connectivity index (χ0v) is 12.8. The molecule has 23 heavy (non-hydrogen) atoms. The molecule has 1 aliphatic rings. The zero-order chi connectivity index (χ0) is 16.2. The van der Waals surface area contributed by atoms with E-state index in [0.717, 1.165) is 11.3 Å². The van der Waals surface area contributed by atoms with Crippen molar-refractivity contribution in [2.24, 2.45) is 0 Å². The van der Waals surface area contributed by atoms with Crippen LogP contribution in [0.3, 0.4) is 0 Å². The predicted octanol–water partition coefficient (Wildman–Crippen LogP) is 3.11. The molecule has 2 aromatic rings. The number of rotatable bonds is 5. The lowest BCUT2D eigenvalue weighted by atomic mass is 10.1. The summed E-state index contributed by atoms with van der Waals surface area (Å²) in [6.45, 7) is 4.03. The molecule has 2 N–H and O–H groups in total. The van der Waals surface area contributed by atoms with E-state index in [2.05, 4.69) is 17.2 Å². The third-order valence-corrected chi connectivity index (χ3v) is 3.62. The third kappa shape index (κ3) is 2.99. The molecule has 1 aliphatic heterocycles. The van der Waals surface area contributed by atoms with Gasteiger partial charge >= 0.3 is 0 Å². The molecule has 1 atom stereocenters. The van der Waals surface area contributed by atoms with E-state index in [1.165, 1.54) is 0 Å². The molecule has 0 spiro atoms. The molecule has 0 aromatic heterocycles. The Hall–Kier alpha value is -2.95. The van der Waals surface area contributed by atoms with Crippen LogP contribution in [0.2, 0.25) is 0 Å². The molecule has 1 amide bonds. The Morgan fingerprint density at radius 1 is 1.17 bits per heavy atom. The number of amides is 1. The van der Waals surface area contributed by atoms with Crippen LogP contribution in [-0.4, -0.2) is 19.6 Å². The van der Waals surface area contributed by atoms with E-state index in [4.69, 9.17) is 9.47 Å². The number of para-hydroxylation sites is 1. The molecule has 0 bridgehead atoms. The van der Waals surface area contributed by atoms with Gasteiger partial charge in [0.15, 0.2) is 11.5 Å². The lowest BCUT2D eigenvalue weighted by Gasteiger charge is -2.28. The minimum atomic E-state index is -0.320. The van der Waals surface area contributed by atoms with Crippen LogP contribution in [-0.2, 0) is 0 Å². The second-order valence-corrected chi connectivity index (χ2v) is 5.11. The minimum absolute atomic E-state index is 0.102. The molecule has 3 rings (SSSR count). The van der Waals surface area contributed by atoms with Gasteiger partial charge < -0.3 is 20.1 Å². The van der Waals surface area contributed by atoms with Crippen LogP contribution in [0.25, 0.3) is 0 Å². The molecule has 118 valence electrons. The van der Waals surface area contributed by atoms with Crippen LogP contribution in [0.4, 0.5) is 5.69 Å². The molecule has 0 fully saturated rings. The largest absolute Gasteiger partial charge is 0.493 e. The molecular weight excluding hydrogens is 292 g/mol. The maximum absolute atomic E-state index is 12.2. The number of anilines is 1. The quantitative estimate of drug-likeness (QED) is 0.833. The summed E-state index contributed by atoms with van der Waals surface area (Å²) in [6.07, 6.45) is 1.35. The van der Waals surface area contributed by atoms with E-state index in [1.54, 1.807) is 19.3 Å². The number of hydrogen-bond donors (Lipinski definition) is 2. The Labute approximate surface area is 134 Å². The number of carbonyl (C=O) groups excluding carboxylic acids is 1. The fraction of sp³-hybridized carbons (Fsp3) is 0.167. The average molecular weight is 310 g/mol. The number of carbonyl (C=O) groups is 1. The molecular formula is C18H18N2O3. The van der Waals surface area contributed by atoms with Crippen molar-refractivity contribution >= 4 is 11.6 Å². The van der Waals surface area contributed by atoms with Crippen molar-refractivity contribution in [3.05, 3.63) is 66.2 Å². The summed E-state index contributed by atoms with van der Waals surface area (Å²) in [6, 6.07) is 13.0. The summed E-state index contributed by atoms with van der Waals surface area (Å²) in [5.41, 5.74) is 2.34. The summed E-state index contributed by atoms with van der Waals surface area (Å²) in [4.78, 5) is 12.2. The highest BCUT2D eigenvalue weighted by Gasteiger charge is 2.24. The Morgan fingerprint density at radius 3 is 2.78 bits per heavy atom. The van der Waals surface area contributed by atoms with Crippen LogP contribution in [0.1, 0.15) is 22.1 Å². The van der Waals surface area contributed by atoms with Crippen LogP contribution in [0.5, 0.6) is 11.5 Å². The second-order valence-electron chi connectivity index (χ2n) is 5.11. The number of hydrogen-bond acceptors (Lipinski definition) is 4. The maximum Gasteiger partial charge on any atom is 0.255 e. The molecule has 0 radical (unpaired) electrons. The molecule has 5 nitrogen and oxygen atoms in total. The van der Waals surface area contributed by atoms with Gasteiger partial charge in [0.1, 0.15) is 12.8 Å². The van der Waals surface area contributed by atoms with Gasteiger partial charge in [0.05, 0.1) is 12.7 Å². The Balaban J connectivity index is 1.88. The highest BCUT2D eigenvalue weighted by Crippen LogP contribution is 2.32. The van der Waals surface area contributed by atoms with Crippen molar-refractivity contribution in [1.82, 2.24) is 5.32 Å². The molecule has 0 saturated heterocycles. The van der Waals surface area contributed by atoms with Crippen molar-refractivity contribution in [2.75, 3.05) is 19.0 Å². The van der Waals surface area contributed by atoms with E-state index in [9.17, 15) is 4.79 Å². The fourth-order valence-corrected chi connectivity index (χ4v) is 2.51. The predicted molar refractivity (Wildman–Crippen MR) is 89.0 cm³/mol. The van der Waals surface area contributed by atoms with E-state index >= 15 is 0 Å². The fourth-order valence-electron chi connectivity index (χ4n) is 2.51. The van der Waals surface area contributed by atoms with Crippen LogP contribution in [0.15, 0.2) is 55.1 Å². The molecule has 1 heterocycles. The third-order valence-electron chi connectivity index (χ3n) is 3.62. The summed E-state index contributed by atoms with van der Waals surface area (Å²) in [5.74, 6) is 1.15. The van der Waals surface area contributed by atoms with Crippen molar-refractivity contribution in [3.63, 3.8) is 0 Å².